The Morgan fingerprint density at radius 2 is 1.61 bits per heavy atom. The second kappa shape index (κ2) is 19.6. The minimum Gasteiger partial charge on any atom is -0.544 e. The highest BCUT2D eigenvalue weighted by atomic mass is 28.4. The Labute approximate surface area is 387 Å². The van der Waals surface area contributed by atoms with Crippen molar-refractivity contribution < 1.29 is 42.5 Å². The van der Waals surface area contributed by atoms with E-state index in [1.54, 1.807) is 65.9 Å². The molecule has 2 aliphatic rings. The summed E-state index contributed by atoms with van der Waals surface area (Å²) >= 11 is 0. The van der Waals surface area contributed by atoms with E-state index in [2.05, 4.69) is 44.8 Å². The van der Waals surface area contributed by atoms with Gasteiger partial charge in [0.15, 0.2) is 0 Å². The number of ether oxygens (including phenoxy) is 3. The monoisotopic (exact) mass is 915 g/mol. The number of halogens is 1. The lowest BCUT2D eigenvalue weighted by molar-refractivity contribution is -0.131. The Morgan fingerprint density at radius 3 is 2.26 bits per heavy atom. The van der Waals surface area contributed by atoms with Crippen LogP contribution in [0.15, 0.2) is 78.9 Å². The summed E-state index contributed by atoms with van der Waals surface area (Å²) in [5, 5.41) is 20.6. The van der Waals surface area contributed by atoms with Gasteiger partial charge in [0.1, 0.15) is 35.7 Å². The molecule has 15 heteroatoms. The molecular weight excluding hydrogens is 858 g/mol. The maximum absolute atomic E-state index is 15.2. The lowest BCUT2D eigenvalue weighted by atomic mass is 9.91. The number of methoxy groups -OCH3 is 1. The summed E-state index contributed by atoms with van der Waals surface area (Å²) in [7, 11) is 1.10. The molecule has 1 saturated heterocycles. The Morgan fingerprint density at radius 1 is 0.909 bits per heavy atom. The number of nitrogens with zero attached hydrogens (tertiary/aromatic N) is 5. The normalized spacial score (nSPS) is 14.3. The van der Waals surface area contributed by atoms with Crippen molar-refractivity contribution in [2.75, 3.05) is 58.0 Å². The predicted octanol–water partition coefficient (Wildman–Crippen LogP) is 8.92. The zero-order chi connectivity index (χ0) is 47.5. The van der Waals surface area contributed by atoms with Crippen molar-refractivity contribution in [3.05, 3.63) is 124 Å². The number of benzene rings is 4. The molecule has 0 saturated carbocycles. The third-order valence-corrected chi connectivity index (χ3v) is 17.5. The summed E-state index contributed by atoms with van der Waals surface area (Å²) in [5.41, 5.74) is 4.90. The zero-order valence-corrected chi connectivity index (χ0v) is 40.0. The van der Waals surface area contributed by atoms with Gasteiger partial charge < -0.3 is 33.2 Å². The van der Waals surface area contributed by atoms with Crippen molar-refractivity contribution >= 4 is 37.5 Å². The van der Waals surface area contributed by atoms with Crippen LogP contribution in [0.3, 0.4) is 0 Å². The van der Waals surface area contributed by atoms with E-state index in [0.717, 1.165) is 18.7 Å². The highest BCUT2D eigenvalue weighted by molar-refractivity contribution is 6.74. The molecule has 0 unspecified atom stereocenters. The van der Waals surface area contributed by atoms with E-state index in [9.17, 15) is 24.8 Å². The highest BCUT2D eigenvalue weighted by Crippen LogP contribution is 2.40. The van der Waals surface area contributed by atoms with E-state index >= 15 is 4.39 Å². The van der Waals surface area contributed by atoms with E-state index in [4.69, 9.17) is 18.6 Å². The molecular formula is C51H58FN5O8Si. The second-order valence-corrected chi connectivity index (χ2v) is 23.1. The first-order valence-corrected chi connectivity index (χ1v) is 25.1. The Hall–Kier alpha value is -6.47. The molecule has 1 aromatic heterocycles. The van der Waals surface area contributed by atoms with Gasteiger partial charge in [0.25, 0.3) is 5.91 Å². The number of aromatic carboxylic acids is 1. The van der Waals surface area contributed by atoms with Crippen LogP contribution in [0.2, 0.25) is 18.1 Å². The molecule has 2 aliphatic heterocycles. The number of nitriles is 1. The van der Waals surface area contributed by atoms with E-state index in [1.165, 1.54) is 18.1 Å². The summed E-state index contributed by atoms with van der Waals surface area (Å²) in [4.78, 5) is 46.9. The Bertz CT molecular complexity index is 2680. The molecule has 4 aromatic carbocycles. The van der Waals surface area contributed by atoms with Gasteiger partial charge in [-0.1, -0.05) is 26.8 Å². The Balaban J connectivity index is 1.13. The average Bonchev–Trinajstić information content (AvgIpc) is 3.59. The van der Waals surface area contributed by atoms with Crippen molar-refractivity contribution in [3.63, 3.8) is 0 Å². The van der Waals surface area contributed by atoms with Gasteiger partial charge >= 0.3 is 5.97 Å². The van der Waals surface area contributed by atoms with Crippen LogP contribution in [-0.4, -0.2) is 98.7 Å². The number of aromatic nitrogens is 1. The largest absolute Gasteiger partial charge is 0.544 e. The number of hydrogen-bond acceptors (Lipinski definition) is 9. The number of rotatable bonds is 14. The number of amides is 2. The van der Waals surface area contributed by atoms with Crippen molar-refractivity contribution in [2.24, 2.45) is 7.05 Å². The van der Waals surface area contributed by atoms with Crippen molar-refractivity contribution in [2.45, 2.75) is 65.2 Å². The van der Waals surface area contributed by atoms with Gasteiger partial charge in [-0.05, 0) is 115 Å². The molecule has 0 radical (unpaired) electrons. The summed E-state index contributed by atoms with van der Waals surface area (Å²) in [5.74, 6) is -0.914. The van der Waals surface area contributed by atoms with Crippen LogP contribution in [0.25, 0.3) is 11.3 Å². The third kappa shape index (κ3) is 10.2. The molecule has 0 bridgehead atoms. The predicted molar refractivity (Wildman–Crippen MR) is 253 cm³/mol. The number of morpholine rings is 1. The van der Waals surface area contributed by atoms with Crippen LogP contribution >= 0.6 is 0 Å². The molecule has 5 aromatic rings. The number of anilines is 2. The summed E-state index contributed by atoms with van der Waals surface area (Å²) < 4.78 is 40.2. The van der Waals surface area contributed by atoms with Gasteiger partial charge in [0.2, 0.25) is 14.2 Å². The topological polar surface area (TPSA) is 147 Å². The molecule has 2 amide bonds. The first kappa shape index (κ1) is 47.5. The molecule has 0 atom stereocenters. The number of carboxylic acid groups (broad SMARTS) is 1. The first-order chi connectivity index (χ1) is 31.4. The van der Waals surface area contributed by atoms with Crippen LogP contribution < -0.4 is 18.8 Å². The Kier molecular flexibility index (Phi) is 14.1. The van der Waals surface area contributed by atoms with Gasteiger partial charge in [-0.25, -0.2) is 9.18 Å². The molecule has 0 aliphatic carbocycles. The maximum Gasteiger partial charge on any atom is 0.336 e. The standard InChI is InChI=1S/C51H58FN5O8Si/c1-33-42(49(59)57(39-12-16-47(62-6)36(25-39)31-53)38-10-14-40(15-11-38)65-66(7,8)51(2,3)4)30-46(54(33)5)43-26-34-17-18-56(32-37(34)27-44(43)50(60)61)48(58)28-35-9-13-41(29-45(35)52)64-24-21-55-19-22-63-23-20-55/h9-16,25-27,29-30H,17-24,28,32H2,1-8H3,(H,60,61). The van der Waals surface area contributed by atoms with Crippen molar-refractivity contribution in [1.82, 2.24) is 14.4 Å². The van der Waals surface area contributed by atoms with Gasteiger partial charge in [-0.3, -0.25) is 19.4 Å². The lowest BCUT2D eigenvalue weighted by Crippen LogP contribution is -2.43. The molecule has 1 fully saturated rings. The van der Waals surface area contributed by atoms with Crippen LogP contribution in [-0.2, 0) is 36.0 Å². The van der Waals surface area contributed by atoms with Crippen LogP contribution in [0, 0.1) is 24.1 Å². The molecule has 13 nitrogen and oxygen atoms in total. The van der Waals surface area contributed by atoms with Gasteiger partial charge in [-0.15, -0.1) is 0 Å². The molecule has 66 heavy (non-hydrogen) atoms. The number of hydrogen-bond donors (Lipinski definition) is 1. The fourth-order valence-corrected chi connectivity index (χ4v) is 9.11. The van der Waals surface area contributed by atoms with E-state index in [1.807, 2.05) is 30.3 Å². The smallest absolute Gasteiger partial charge is 0.336 e. The summed E-state index contributed by atoms with van der Waals surface area (Å²) in [6, 6.07) is 24.1. The molecule has 1 N–H and O–H groups in total. The van der Waals surface area contributed by atoms with Gasteiger partial charge in [0.05, 0.1) is 49.1 Å². The first-order valence-electron chi connectivity index (χ1n) is 22.2. The zero-order valence-electron chi connectivity index (χ0n) is 39.0. The highest BCUT2D eigenvalue weighted by Gasteiger charge is 2.39. The molecule has 7 rings (SSSR count). The number of carboxylic acids is 1. The van der Waals surface area contributed by atoms with Gasteiger partial charge in [0, 0.05) is 68.5 Å². The van der Waals surface area contributed by atoms with E-state index in [0.29, 0.717) is 96.0 Å². The number of carbonyl (C=O) groups excluding carboxylic acids is 2. The minimum absolute atomic E-state index is 0.0147. The van der Waals surface area contributed by atoms with Crippen LogP contribution in [0.5, 0.6) is 17.2 Å². The molecule has 3 heterocycles. The van der Waals surface area contributed by atoms with Crippen LogP contribution in [0.1, 0.15) is 69.4 Å². The molecule has 346 valence electrons. The fraction of sp³-hybridized carbons (Fsp3) is 0.373. The number of fused-ring (bicyclic) bond motifs is 1. The molecule has 0 spiro atoms. The van der Waals surface area contributed by atoms with Crippen LogP contribution in [0.4, 0.5) is 15.8 Å². The lowest BCUT2D eigenvalue weighted by Gasteiger charge is -2.36. The average molecular weight is 916 g/mol. The van der Waals surface area contributed by atoms with Gasteiger partial charge in [-0.2, -0.15) is 5.26 Å². The van der Waals surface area contributed by atoms with E-state index < -0.39 is 26.0 Å². The van der Waals surface area contributed by atoms with E-state index in [-0.39, 0.29) is 40.6 Å². The van der Waals surface area contributed by atoms with Crippen molar-refractivity contribution in [3.8, 4) is 34.6 Å². The SMILES string of the molecule is COc1ccc(N(C(=O)c2cc(-c3cc4c(cc3C(=O)O)CN(C(=O)Cc3ccc(OCCN5CCOCC5)cc3F)CC4)n(C)c2C)c2ccc(O[Si](C)(C)C(C)(C)C)cc2)cc1C#N. The maximum atomic E-state index is 15.2. The summed E-state index contributed by atoms with van der Waals surface area (Å²) in [6.07, 6.45) is 0.294. The third-order valence-electron chi connectivity index (χ3n) is 13.2. The fourth-order valence-electron chi connectivity index (χ4n) is 8.08. The quantitative estimate of drug-likeness (QED) is 0.107. The second-order valence-electron chi connectivity index (χ2n) is 18.4. The summed E-state index contributed by atoms with van der Waals surface area (Å²) in [6.45, 7) is 17.3. The number of carbonyl (C=O) groups is 3. The van der Waals surface area contributed by atoms with Crippen molar-refractivity contribution in [1.29, 1.82) is 5.26 Å². The minimum atomic E-state index is -2.16.